The van der Waals surface area contributed by atoms with Gasteiger partial charge in [-0.05, 0) is 4.62 Å². The predicted octanol–water partition coefficient (Wildman–Crippen LogP) is 0.153. The molecule has 1 atom stereocenters. The molecule has 0 aromatic rings. The summed E-state index contributed by atoms with van der Waals surface area (Å²) >= 11 is 0. The number of hydrogen-bond donors (Lipinski definition) is 1. The molecule has 4 nitrogen and oxygen atoms in total. The molecule has 1 fully saturated rings. The topological polar surface area (TPSA) is 47.6 Å². The van der Waals surface area contributed by atoms with Crippen molar-refractivity contribution < 1.29 is 13.7 Å². The molecule has 1 saturated heterocycles. The van der Waals surface area contributed by atoms with Gasteiger partial charge in [0.2, 0.25) is 0 Å². The van der Waals surface area contributed by atoms with Gasteiger partial charge in [0.05, 0.1) is 0 Å². The van der Waals surface area contributed by atoms with Crippen molar-refractivity contribution in [2.24, 2.45) is 0 Å². The van der Waals surface area contributed by atoms with Crippen molar-refractivity contribution in [2.45, 2.75) is 0 Å². The molecule has 1 rings (SSSR count). The quantitative estimate of drug-likeness (QED) is 0.449. The highest BCUT2D eigenvalue weighted by atomic mass is 31.1. The van der Waals surface area contributed by atoms with Gasteiger partial charge in [-0.25, -0.2) is 0 Å². The lowest BCUT2D eigenvalue weighted by Crippen LogP contribution is -2.01. The Kier molecular flexibility index (Phi) is 1.12. The summed E-state index contributed by atoms with van der Waals surface area (Å²) < 4.78 is 18.4. The summed E-state index contributed by atoms with van der Waals surface area (Å²) in [5.74, 6) is 0. The van der Waals surface area contributed by atoms with E-state index in [9.17, 15) is 4.57 Å². The summed E-state index contributed by atoms with van der Waals surface area (Å²) in [6.07, 6.45) is 0. The second-order valence-corrected chi connectivity index (χ2v) is 1.62. The Morgan fingerprint density at radius 1 is 1.83 bits per heavy atom. The molecule has 1 N–H and O–H groups in total. The lowest BCUT2D eigenvalue weighted by Gasteiger charge is -1.62. The van der Waals surface area contributed by atoms with Gasteiger partial charge in [0.1, 0.15) is 0 Å². The van der Waals surface area contributed by atoms with E-state index in [2.05, 4.69) is 14.6 Å². The summed E-state index contributed by atoms with van der Waals surface area (Å²) in [6, 6.07) is 0. The fraction of sp³-hybridized carbons (Fsp3) is 1.00. The lowest BCUT2D eigenvalue weighted by atomic mass is 11.4. The molecule has 5 heteroatoms. The van der Waals surface area contributed by atoms with E-state index in [0.29, 0.717) is 0 Å². The van der Waals surface area contributed by atoms with E-state index in [4.69, 9.17) is 0 Å². The largest absolute Gasteiger partial charge is 0.717 e. The van der Waals surface area contributed by atoms with Crippen LogP contribution in [-0.2, 0) is 13.7 Å². The number of nitrogens with one attached hydrogen (secondary N) is 1. The van der Waals surface area contributed by atoms with Crippen LogP contribution in [-0.4, -0.2) is 6.73 Å². The maximum Gasteiger partial charge on any atom is 0.717 e. The Morgan fingerprint density at radius 2 is 2.67 bits per heavy atom. The zero-order chi connectivity index (χ0) is 4.41. The van der Waals surface area contributed by atoms with Crippen molar-refractivity contribution in [1.82, 2.24) is 5.48 Å². The molecule has 1 aliphatic rings. The standard InChI is InChI=1S/CH3NO3P/c3-6-4-1-2-5-6/h2H,1H2/q+1. The molecule has 34 valence electrons. The molecule has 0 aromatic carbocycles. The van der Waals surface area contributed by atoms with E-state index in [1.54, 1.807) is 0 Å². The zero-order valence-corrected chi connectivity index (χ0v) is 3.77. The smallest absolute Gasteiger partial charge is 0.118 e. The van der Waals surface area contributed by atoms with Crippen molar-refractivity contribution in [1.29, 1.82) is 0 Å². The van der Waals surface area contributed by atoms with Gasteiger partial charge in [-0.3, -0.25) is 0 Å². The minimum atomic E-state index is -1.83. The van der Waals surface area contributed by atoms with Gasteiger partial charge in [0, 0.05) is 4.57 Å². The Balaban J connectivity index is 2.37. The van der Waals surface area contributed by atoms with E-state index >= 15 is 0 Å². The molecule has 0 spiro atoms. The first kappa shape index (κ1) is 4.15. The Labute approximate surface area is 35.3 Å². The van der Waals surface area contributed by atoms with Crippen molar-refractivity contribution in [2.75, 3.05) is 6.73 Å². The molecular formula is CH3NO3P+. The molecule has 0 aliphatic carbocycles. The number of hydroxylamine groups is 1. The average Bonchev–Trinajstić information content (AvgIpc) is 1.86. The normalized spacial score (nSPS) is 28.3. The van der Waals surface area contributed by atoms with Gasteiger partial charge >= 0.3 is 8.25 Å². The first-order chi connectivity index (χ1) is 2.89. The van der Waals surface area contributed by atoms with E-state index in [-0.39, 0.29) is 6.73 Å². The van der Waals surface area contributed by atoms with E-state index < -0.39 is 8.25 Å². The SMILES string of the molecule is O=[P+]1OCNO1. The monoisotopic (exact) mass is 108 g/mol. The van der Waals surface area contributed by atoms with Crippen LogP contribution in [0.4, 0.5) is 0 Å². The highest BCUT2D eigenvalue weighted by Gasteiger charge is 2.27. The molecule has 1 aliphatic heterocycles. The van der Waals surface area contributed by atoms with Gasteiger partial charge in [-0.15, -0.1) is 5.48 Å². The molecule has 0 bridgehead atoms. The molecule has 0 radical (unpaired) electrons. The van der Waals surface area contributed by atoms with E-state index in [1.165, 1.54) is 0 Å². The summed E-state index contributed by atoms with van der Waals surface area (Å²) in [5.41, 5.74) is 2.27. The van der Waals surface area contributed by atoms with E-state index in [0.717, 1.165) is 0 Å². The third-order valence-electron chi connectivity index (χ3n) is 0.368. The highest BCUT2D eigenvalue weighted by molar-refractivity contribution is 7.33. The third-order valence-corrected chi connectivity index (χ3v) is 0.986. The molecule has 1 heterocycles. The molecule has 1 unspecified atom stereocenters. The summed E-state index contributed by atoms with van der Waals surface area (Å²) in [6.45, 7) is 0.231. The van der Waals surface area contributed by atoms with Gasteiger partial charge in [-0.1, -0.05) is 4.52 Å². The average molecular weight is 108 g/mol. The van der Waals surface area contributed by atoms with Crippen LogP contribution >= 0.6 is 8.25 Å². The minimum absolute atomic E-state index is 0.231. The van der Waals surface area contributed by atoms with Crippen LogP contribution in [0, 0.1) is 0 Å². The molecule has 0 amide bonds. The third kappa shape index (κ3) is 0.725. The fourth-order valence-corrected chi connectivity index (χ4v) is 0.553. The van der Waals surface area contributed by atoms with Crippen molar-refractivity contribution >= 4 is 8.25 Å². The van der Waals surface area contributed by atoms with Gasteiger partial charge in [-0.2, -0.15) is 0 Å². The van der Waals surface area contributed by atoms with E-state index in [1.807, 2.05) is 0 Å². The molecule has 0 saturated carbocycles. The van der Waals surface area contributed by atoms with Crippen LogP contribution < -0.4 is 5.48 Å². The summed E-state index contributed by atoms with van der Waals surface area (Å²) in [5, 5.41) is 0. The van der Waals surface area contributed by atoms with Crippen LogP contribution in [0.1, 0.15) is 0 Å². The summed E-state index contributed by atoms with van der Waals surface area (Å²) in [4.78, 5) is 0. The van der Waals surface area contributed by atoms with Gasteiger partial charge in [0.25, 0.3) is 0 Å². The maximum absolute atomic E-state index is 9.88. The Bertz CT molecular complexity index is 65.2. The second-order valence-electron chi connectivity index (χ2n) is 0.733. The fourth-order valence-electron chi connectivity index (χ4n) is 0.184. The molecule has 6 heavy (non-hydrogen) atoms. The predicted molar refractivity (Wildman–Crippen MR) is 17.8 cm³/mol. The van der Waals surface area contributed by atoms with Crippen LogP contribution in [0.2, 0.25) is 0 Å². The van der Waals surface area contributed by atoms with Crippen molar-refractivity contribution in [3.63, 3.8) is 0 Å². The first-order valence-electron chi connectivity index (χ1n) is 1.39. The lowest BCUT2D eigenvalue weighted by molar-refractivity contribution is 0.228. The van der Waals surface area contributed by atoms with Crippen LogP contribution in [0.5, 0.6) is 0 Å². The number of hydrogen-bond acceptors (Lipinski definition) is 4. The molecular weight excluding hydrogens is 105 g/mol. The Hall–Kier alpha value is -0.0200. The maximum atomic E-state index is 9.88. The van der Waals surface area contributed by atoms with Crippen LogP contribution in [0.15, 0.2) is 0 Å². The number of rotatable bonds is 0. The summed E-state index contributed by atoms with van der Waals surface area (Å²) in [7, 11) is -1.83. The molecule has 0 aromatic heterocycles. The zero-order valence-electron chi connectivity index (χ0n) is 2.88. The van der Waals surface area contributed by atoms with Crippen LogP contribution in [0.25, 0.3) is 0 Å². The van der Waals surface area contributed by atoms with Crippen molar-refractivity contribution in [3.8, 4) is 0 Å². The second kappa shape index (κ2) is 1.62. The minimum Gasteiger partial charge on any atom is -0.118 e. The van der Waals surface area contributed by atoms with Gasteiger partial charge in [0.15, 0.2) is 6.73 Å². The van der Waals surface area contributed by atoms with Crippen LogP contribution in [0.3, 0.4) is 0 Å². The first-order valence-corrected chi connectivity index (χ1v) is 2.49. The van der Waals surface area contributed by atoms with Crippen molar-refractivity contribution in [3.05, 3.63) is 0 Å². The van der Waals surface area contributed by atoms with Gasteiger partial charge < -0.3 is 0 Å². The highest BCUT2D eigenvalue weighted by Crippen LogP contribution is 2.24. The Morgan fingerprint density at radius 3 is 2.83 bits per heavy atom.